The predicted octanol–water partition coefficient (Wildman–Crippen LogP) is 1.18. The lowest BCUT2D eigenvalue weighted by molar-refractivity contribution is -0.151. The normalized spacial score (nSPS) is 10.6. The van der Waals surface area contributed by atoms with Gasteiger partial charge in [0.25, 0.3) is 0 Å². The monoisotopic (exact) mass is 166 g/mol. The van der Waals surface area contributed by atoms with Crippen LogP contribution < -0.4 is 5.43 Å². The van der Waals surface area contributed by atoms with Gasteiger partial charge in [-0.1, -0.05) is 30.3 Å². The Morgan fingerprint density at radius 1 is 1.33 bits per heavy atom. The molecule has 0 aliphatic carbocycles. The second kappa shape index (κ2) is 4.87. The minimum Gasteiger partial charge on any atom is -0.288 e. The van der Waals surface area contributed by atoms with Gasteiger partial charge in [-0.05, 0) is 5.56 Å². The summed E-state index contributed by atoms with van der Waals surface area (Å²) in [5, 5.41) is 1.58. The summed E-state index contributed by atoms with van der Waals surface area (Å²) in [6.07, 6.45) is 0. The van der Waals surface area contributed by atoms with Gasteiger partial charge in [0.2, 0.25) is 0 Å². The molecular weight excluding hydrogens is 152 g/mol. The van der Waals surface area contributed by atoms with Crippen molar-refractivity contribution in [1.82, 2.24) is 10.6 Å². The molecule has 66 valence electrons. The Hall–Kier alpha value is -0.900. The van der Waals surface area contributed by atoms with Crippen LogP contribution in [-0.2, 0) is 11.4 Å². The number of hydrazine groups is 1. The summed E-state index contributed by atoms with van der Waals surface area (Å²) in [6, 6.07) is 10.2. The molecule has 0 aromatic heterocycles. The number of hydrogen-bond donors (Lipinski definition) is 1. The number of rotatable bonds is 4. The average molecular weight is 166 g/mol. The molecule has 1 rings (SSSR count). The first-order valence-corrected chi connectivity index (χ1v) is 3.88. The van der Waals surface area contributed by atoms with E-state index in [2.05, 4.69) is 17.6 Å². The van der Waals surface area contributed by atoms with Crippen LogP contribution in [-0.4, -0.2) is 19.3 Å². The molecule has 0 saturated heterocycles. The van der Waals surface area contributed by atoms with Crippen molar-refractivity contribution < 1.29 is 4.84 Å². The van der Waals surface area contributed by atoms with Gasteiger partial charge in [0, 0.05) is 13.6 Å². The molecule has 12 heavy (non-hydrogen) atoms. The first-order chi connectivity index (χ1) is 5.83. The van der Waals surface area contributed by atoms with Gasteiger partial charge >= 0.3 is 0 Å². The molecule has 0 radical (unpaired) electrons. The Morgan fingerprint density at radius 3 is 2.58 bits per heavy atom. The van der Waals surface area contributed by atoms with Gasteiger partial charge in [0.15, 0.2) is 0 Å². The zero-order valence-corrected chi connectivity index (χ0v) is 7.45. The summed E-state index contributed by atoms with van der Waals surface area (Å²) in [6.45, 7) is 0.783. The maximum atomic E-state index is 4.89. The van der Waals surface area contributed by atoms with Gasteiger partial charge in [-0.3, -0.25) is 4.84 Å². The highest BCUT2D eigenvalue weighted by Gasteiger charge is 1.93. The molecule has 0 aliphatic heterocycles. The SMILES string of the molecule is CON(C)NCc1ccccc1. The lowest BCUT2D eigenvalue weighted by atomic mass is 10.2. The Bertz CT molecular complexity index is 213. The predicted molar refractivity (Wildman–Crippen MR) is 48.1 cm³/mol. The fourth-order valence-corrected chi connectivity index (χ4v) is 0.863. The van der Waals surface area contributed by atoms with E-state index in [1.165, 1.54) is 5.56 Å². The van der Waals surface area contributed by atoms with E-state index in [1.54, 1.807) is 12.3 Å². The standard InChI is InChI=1S/C9H14N2O/c1-11(12-2)10-8-9-6-4-3-5-7-9/h3-7,10H,8H2,1-2H3. The van der Waals surface area contributed by atoms with Crippen molar-refractivity contribution in [3.05, 3.63) is 35.9 Å². The highest BCUT2D eigenvalue weighted by atomic mass is 16.7. The molecule has 1 aromatic rings. The van der Waals surface area contributed by atoms with Crippen molar-refractivity contribution >= 4 is 0 Å². The Labute approximate surface area is 72.9 Å². The summed E-state index contributed by atoms with van der Waals surface area (Å²) in [5.41, 5.74) is 4.30. The molecule has 3 heteroatoms. The third-order valence-corrected chi connectivity index (χ3v) is 1.62. The number of hydrogen-bond acceptors (Lipinski definition) is 3. The molecule has 0 unspecified atom stereocenters. The molecule has 3 nitrogen and oxygen atoms in total. The fourth-order valence-electron chi connectivity index (χ4n) is 0.863. The van der Waals surface area contributed by atoms with Gasteiger partial charge in [0.1, 0.15) is 0 Å². The molecule has 0 saturated carbocycles. The Balaban J connectivity index is 2.33. The maximum Gasteiger partial charge on any atom is 0.0591 e. The molecule has 1 N–H and O–H groups in total. The van der Waals surface area contributed by atoms with Crippen LogP contribution in [0.1, 0.15) is 5.56 Å². The van der Waals surface area contributed by atoms with E-state index < -0.39 is 0 Å². The highest BCUT2D eigenvalue weighted by molar-refractivity contribution is 5.13. The van der Waals surface area contributed by atoms with Crippen molar-refractivity contribution in [2.24, 2.45) is 0 Å². The maximum absolute atomic E-state index is 4.89. The summed E-state index contributed by atoms with van der Waals surface area (Å²) in [4.78, 5) is 4.89. The number of nitrogens with one attached hydrogen (secondary N) is 1. The third-order valence-electron chi connectivity index (χ3n) is 1.62. The van der Waals surface area contributed by atoms with E-state index in [0.29, 0.717) is 0 Å². The van der Waals surface area contributed by atoms with E-state index in [0.717, 1.165) is 6.54 Å². The summed E-state index contributed by atoms with van der Waals surface area (Å²) >= 11 is 0. The largest absolute Gasteiger partial charge is 0.288 e. The van der Waals surface area contributed by atoms with Crippen LogP contribution in [0, 0.1) is 0 Å². The van der Waals surface area contributed by atoms with E-state index in [-0.39, 0.29) is 0 Å². The Morgan fingerprint density at radius 2 is 2.00 bits per heavy atom. The minimum absolute atomic E-state index is 0.783. The smallest absolute Gasteiger partial charge is 0.0591 e. The Kier molecular flexibility index (Phi) is 3.73. The van der Waals surface area contributed by atoms with Gasteiger partial charge in [0.05, 0.1) is 7.11 Å². The van der Waals surface area contributed by atoms with E-state index in [4.69, 9.17) is 4.84 Å². The van der Waals surface area contributed by atoms with Crippen LogP contribution in [0.2, 0.25) is 0 Å². The molecule has 0 fully saturated rings. The van der Waals surface area contributed by atoms with Gasteiger partial charge < -0.3 is 0 Å². The third kappa shape index (κ3) is 3.00. The second-order valence-corrected chi connectivity index (χ2v) is 2.50. The second-order valence-electron chi connectivity index (χ2n) is 2.50. The lowest BCUT2D eigenvalue weighted by Crippen LogP contribution is -2.32. The zero-order valence-electron chi connectivity index (χ0n) is 7.45. The number of hydroxylamine groups is 1. The molecule has 1 aromatic carbocycles. The van der Waals surface area contributed by atoms with Crippen molar-refractivity contribution in [3.8, 4) is 0 Å². The highest BCUT2D eigenvalue weighted by Crippen LogP contribution is 1.96. The summed E-state index contributed by atoms with van der Waals surface area (Å²) in [5.74, 6) is 0. The van der Waals surface area contributed by atoms with Crippen molar-refractivity contribution in [3.63, 3.8) is 0 Å². The molecular formula is C9H14N2O. The van der Waals surface area contributed by atoms with E-state index in [9.17, 15) is 0 Å². The lowest BCUT2D eigenvalue weighted by Gasteiger charge is -2.14. The van der Waals surface area contributed by atoms with Crippen molar-refractivity contribution in [1.29, 1.82) is 0 Å². The van der Waals surface area contributed by atoms with Crippen molar-refractivity contribution in [2.45, 2.75) is 6.54 Å². The average Bonchev–Trinajstić information content (AvgIpc) is 2.16. The summed E-state index contributed by atoms with van der Waals surface area (Å²) in [7, 11) is 3.45. The fraction of sp³-hybridized carbons (Fsp3) is 0.333. The minimum atomic E-state index is 0.783. The zero-order chi connectivity index (χ0) is 8.81. The molecule has 0 atom stereocenters. The van der Waals surface area contributed by atoms with Crippen molar-refractivity contribution in [2.75, 3.05) is 14.2 Å². The van der Waals surface area contributed by atoms with Gasteiger partial charge in [-0.25, -0.2) is 5.43 Å². The van der Waals surface area contributed by atoms with Crippen LogP contribution in [0.3, 0.4) is 0 Å². The van der Waals surface area contributed by atoms with Gasteiger partial charge in [-0.2, -0.15) is 0 Å². The first kappa shape index (κ1) is 9.19. The molecule has 0 aliphatic rings. The van der Waals surface area contributed by atoms with Crippen LogP contribution in [0.5, 0.6) is 0 Å². The summed E-state index contributed by atoms with van der Waals surface area (Å²) < 4.78 is 0. The van der Waals surface area contributed by atoms with E-state index in [1.807, 2.05) is 25.2 Å². The van der Waals surface area contributed by atoms with E-state index >= 15 is 0 Å². The van der Waals surface area contributed by atoms with Crippen LogP contribution in [0.15, 0.2) is 30.3 Å². The number of benzene rings is 1. The topological polar surface area (TPSA) is 24.5 Å². The number of nitrogens with zero attached hydrogens (tertiary/aromatic N) is 1. The molecule has 0 heterocycles. The van der Waals surface area contributed by atoms with Gasteiger partial charge in [-0.15, -0.1) is 5.17 Å². The van der Waals surface area contributed by atoms with Crippen LogP contribution in [0.25, 0.3) is 0 Å². The first-order valence-electron chi connectivity index (χ1n) is 3.88. The molecule has 0 bridgehead atoms. The molecule has 0 amide bonds. The molecule has 0 spiro atoms. The van der Waals surface area contributed by atoms with Crippen LogP contribution >= 0.6 is 0 Å². The van der Waals surface area contributed by atoms with Crippen LogP contribution in [0.4, 0.5) is 0 Å². The quantitative estimate of drug-likeness (QED) is 0.680.